The molecule has 0 saturated carbocycles. The molecule has 7 heteroatoms. The Kier molecular flexibility index (Phi) is 6.50. The van der Waals surface area contributed by atoms with E-state index in [1.54, 1.807) is 12.1 Å². The number of halogens is 1. The molecule has 4 aromatic rings. The Balaban J connectivity index is 1.51. The van der Waals surface area contributed by atoms with Crippen molar-refractivity contribution in [2.24, 2.45) is 0 Å². The summed E-state index contributed by atoms with van der Waals surface area (Å²) in [7, 11) is 0. The van der Waals surface area contributed by atoms with Gasteiger partial charge in [0, 0.05) is 39.7 Å². The van der Waals surface area contributed by atoms with Gasteiger partial charge in [-0.25, -0.2) is 0 Å². The van der Waals surface area contributed by atoms with Gasteiger partial charge in [0.1, 0.15) is 11.5 Å². The summed E-state index contributed by atoms with van der Waals surface area (Å²) in [5, 5.41) is 29.5. The highest BCUT2D eigenvalue weighted by molar-refractivity contribution is 9.10. The molecular weight excluding hydrogens is 496 g/mol. The number of aromatic nitrogens is 1. The first kappa shape index (κ1) is 22.8. The number of aromatic hydroxyl groups is 1. The van der Waals surface area contributed by atoms with Crippen LogP contribution in [0.3, 0.4) is 0 Å². The topological polar surface area (TPSA) is 88.9 Å². The summed E-state index contributed by atoms with van der Waals surface area (Å²) in [6.45, 7) is 0.921. The molecule has 0 aliphatic carbocycles. The van der Waals surface area contributed by atoms with Crippen LogP contribution < -0.4 is 9.64 Å². The maximum Gasteiger partial charge on any atom is 0.119 e. The van der Waals surface area contributed by atoms with Crippen molar-refractivity contribution >= 4 is 32.5 Å². The fourth-order valence-corrected chi connectivity index (χ4v) is 5.04. The SMILES string of the molecule is OCC(O)CCOc1ccc(C2c3[nH]c4ccc(Br)cc4c3CCN2c2ccc(O)cc2)cc1. The predicted octanol–water partition coefficient (Wildman–Crippen LogP) is 4.91. The Morgan fingerprint density at radius 2 is 1.82 bits per heavy atom. The summed E-state index contributed by atoms with van der Waals surface area (Å²) >= 11 is 3.61. The monoisotopic (exact) mass is 522 g/mol. The van der Waals surface area contributed by atoms with Gasteiger partial charge in [-0.1, -0.05) is 28.1 Å². The molecule has 176 valence electrons. The number of benzene rings is 3. The van der Waals surface area contributed by atoms with Gasteiger partial charge >= 0.3 is 0 Å². The number of phenols is 1. The molecular formula is C27H27BrN2O4. The summed E-state index contributed by atoms with van der Waals surface area (Å²) in [5.74, 6) is 0.975. The lowest BCUT2D eigenvalue weighted by molar-refractivity contribution is 0.0754. The van der Waals surface area contributed by atoms with Gasteiger partial charge in [-0.05, 0) is 72.1 Å². The van der Waals surface area contributed by atoms with E-state index < -0.39 is 6.10 Å². The second-order valence-electron chi connectivity index (χ2n) is 8.61. The van der Waals surface area contributed by atoms with Crippen LogP contribution in [0.5, 0.6) is 11.5 Å². The molecule has 6 nitrogen and oxygen atoms in total. The van der Waals surface area contributed by atoms with E-state index in [1.165, 1.54) is 16.6 Å². The lowest BCUT2D eigenvalue weighted by Gasteiger charge is -2.38. The maximum absolute atomic E-state index is 9.80. The number of anilines is 1. The van der Waals surface area contributed by atoms with Gasteiger partial charge in [-0.2, -0.15) is 0 Å². The Morgan fingerprint density at radius 1 is 1.06 bits per heavy atom. The quantitative estimate of drug-likeness (QED) is 0.277. The zero-order chi connectivity index (χ0) is 23.7. The standard InChI is InChI=1S/C27H27BrN2O4/c28-18-3-10-25-24(15-18)23-11-13-30(19-4-6-20(32)7-5-19)27(26(23)29-25)17-1-8-22(9-2-17)34-14-12-21(33)16-31/h1-10,15,21,27,29,31-33H,11-14,16H2. The van der Waals surface area contributed by atoms with E-state index in [9.17, 15) is 10.2 Å². The van der Waals surface area contributed by atoms with Crippen LogP contribution in [0, 0.1) is 0 Å². The van der Waals surface area contributed by atoms with Crippen LogP contribution in [-0.2, 0) is 6.42 Å². The van der Waals surface area contributed by atoms with Crippen LogP contribution in [-0.4, -0.2) is 46.2 Å². The van der Waals surface area contributed by atoms with Crippen molar-refractivity contribution in [1.29, 1.82) is 0 Å². The van der Waals surface area contributed by atoms with Crippen LogP contribution >= 0.6 is 15.9 Å². The largest absolute Gasteiger partial charge is 0.508 e. The number of H-pyrrole nitrogens is 1. The molecule has 3 aromatic carbocycles. The summed E-state index contributed by atoms with van der Waals surface area (Å²) in [6.07, 6.45) is 0.530. The second kappa shape index (κ2) is 9.70. The fraction of sp³-hybridized carbons (Fsp3) is 0.259. The molecule has 0 radical (unpaired) electrons. The van der Waals surface area contributed by atoms with E-state index in [2.05, 4.69) is 56.1 Å². The minimum atomic E-state index is -0.763. The minimum absolute atomic E-state index is 0.0234. The van der Waals surface area contributed by atoms with Crippen molar-refractivity contribution < 1.29 is 20.1 Å². The molecule has 0 amide bonds. The number of hydrogen-bond acceptors (Lipinski definition) is 5. The summed E-state index contributed by atoms with van der Waals surface area (Å²) in [6, 6.07) is 21.7. The number of ether oxygens (including phenoxy) is 1. The summed E-state index contributed by atoms with van der Waals surface area (Å²) in [4.78, 5) is 6.04. The summed E-state index contributed by atoms with van der Waals surface area (Å²) < 4.78 is 6.81. The first-order valence-electron chi connectivity index (χ1n) is 11.4. The van der Waals surface area contributed by atoms with Gasteiger partial charge in [0.25, 0.3) is 0 Å². The molecule has 2 unspecified atom stereocenters. The van der Waals surface area contributed by atoms with E-state index in [1.807, 2.05) is 24.3 Å². The van der Waals surface area contributed by atoms with E-state index in [4.69, 9.17) is 9.84 Å². The number of fused-ring (bicyclic) bond motifs is 3. The molecule has 1 aliphatic heterocycles. The van der Waals surface area contributed by atoms with Crippen LogP contribution in [0.2, 0.25) is 0 Å². The van der Waals surface area contributed by atoms with Crippen LogP contribution in [0.1, 0.15) is 29.3 Å². The zero-order valence-corrected chi connectivity index (χ0v) is 20.2. The average Bonchev–Trinajstić information content (AvgIpc) is 3.22. The van der Waals surface area contributed by atoms with Gasteiger partial charge < -0.3 is 29.9 Å². The zero-order valence-electron chi connectivity index (χ0n) is 18.6. The van der Waals surface area contributed by atoms with E-state index >= 15 is 0 Å². The number of nitrogens with one attached hydrogen (secondary N) is 1. The van der Waals surface area contributed by atoms with Crippen LogP contribution in [0.25, 0.3) is 10.9 Å². The van der Waals surface area contributed by atoms with Crippen molar-refractivity contribution in [3.05, 3.63) is 88.0 Å². The van der Waals surface area contributed by atoms with Gasteiger partial charge in [0.2, 0.25) is 0 Å². The molecule has 5 rings (SSSR count). The molecule has 0 spiro atoms. The Hall–Kier alpha value is -3.00. The summed E-state index contributed by atoms with van der Waals surface area (Å²) in [5.41, 5.74) is 5.80. The third-order valence-corrected chi connectivity index (χ3v) is 6.89. The number of aromatic amines is 1. The highest BCUT2D eigenvalue weighted by atomic mass is 79.9. The first-order chi connectivity index (χ1) is 16.5. The molecule has 0 bridgehead atoms. The fourth-order valence-electron chi connectivity index (χ4n) is 4.68. The lowest BCUT2D eigenvalue weighted by Crippen LogP contribution is -2.36. The highest BCUT2D eigenvalue weighted by Crippen LogP contribution is 2.41. The van der Waals surface area contributed by atoms with Gasteiger partial charge in [-0.15, -0.1) is 0 Å². The number of phenolic OH excluding ortho intramolecular Hbond substituents is 1. The smallest absolute Gasteiger partial charge is 0.119 e. The molecule has 34 heavy (non-hydrogen) atoms. The Bertz CT molecular complexity index is 1270. The van der Waals surface area contributed by atoms with Crippen molar-refractivity contribution in [2.45, 2.75) is 25.0 Å². The molecule has 1 aliphatic rings. The Labute approximate surface area is 206 Å². The van der Waals surface area contributed by atoms with E-state index in [-0.39, 0.29) is 18.4 Å². The Morgan fingerprint density at radius 3 is 2.56 bits per heavy atom. The lowest BCUT2D eigenvalue weighted by atomic mass is 9.91. The molecule has 0 saturated heterocycles. The second-order valence-corrected chi connectivity index (χ2v) is 9.53. The van der Waals surface area contributed by atoms with Gasteiger partial charge in [0.05, 0.1) is 25.4 Å². The van der Waals surface area contributed by atoms with E-state index in [0.717, 1.165) is 40.0 Å². The van der Waals surface area contributed by atoms with Gasteiger partial charge in [-0.3, -0.25) is 0 Å². The normalized spacial score (nSPS) is 16.4. The predicted molar refractivity (Wildman–Crippen MR) is 137 cm³/mol. The molecule has 2 heterocycles. The van der Waals surface area contributed by atoms with E-state index in [0.29, 0.717) is 13.0 Å². The minimum Gasteiger partial charge on any atom is -0.508 e. The van der Waals surface area contributed by atoms with Crippen molar-refractivity contribution in [2.75, 3.05) is 24.7 Å². The molecule has 0 fully saturated rings. The van der Waals surface area contributed by atoms with Gasteiger partial charge in [0.15, 0.2) is 0 Å². The number of aliphatic hydroxyl groups is 2. The number of hydrogen-bond donors (Lipinski definition) is 4. The third kappa shape index (κ3) is 4.51. The first-order valence-corrected chi connectivity index (χ1v) is 12.2. The van der Waals surface area contributed by atoms with Crippen LogP contribution in [0.4, 0.5) is 5.69 Å². The molecule has 4 N–H and O–H groups in total. The number of nitrogens with zero attached hydrogens (tertiary/aromatic N) is 1. The van der Waals surface area contributed by atoms with Crippen molar-refractivity contribution in [3.63, 3.8) is 0 Å². The third-order valence-electron chi connectivity index (χ3n) is 6.40. The van der Waals surface area contributed by atoms with Crippen LogP contribution in [0.15, 0.2) is 71.2 Å². The highest BCUT2D eigenvalue weighted by Gasteiger charge is 2.32. The maximum atomic E-state index is 9.80. The molecule has 2 atom stereocenters. The van der Waals surface area contributed by atoms with Crippen molar-refractivity contribution in [1.82, 2.24) is 4.98 Å². The average molecular weight is 523 g/mol. The molecule has 1 aromatic heterocycles. The van der Waals surface area contributed by atoms with Crippen molar-refractivity contribution in [3.8, 4) is 11.5 Å². The number of rotatable bonds is 7. The number of aliphatic hydroxyl groups excluding tert-OH is 2.